The fraction of sp³-hybridized carbons (Fsp3) is 0.0476. The summed E-state index contributed by atoms with van der Waals surface area (Å²) in [5.74, 6) is 6.11. The van der Waals surface area contributed by atoms with Gasteiger partial charge in [-0.05, 0) is 35.5 Å². The van der Waals surface area contributed by atoms with Crippen LogP contribution in [0.25, 0.3) is 17.0 Å². The minimum Gasteiger partial charge on any atom is -0.455 e. The van der Waals surface area contributed by atoms with E-state index in [2.05, 4.69) is 28.2 Å². The molecule has 0 unspecified atom stereocenters. The topological polar surface area (TPSA) is 96.0 Å². The van der Waals surface area contributed by atoms with E-state index >= 15 is 0 Å². The van der Waals surface area contributed by atoms with Gasteiger partial charge in [0, 0.05) is 29.4 Å². The van der Waals surface area contributed by atoms with Crippen LogP contribution in [-0.2, 0) is 11.2 Å². The summed E-state index contributed by atoms with van der Waals surface area (Å²) < 4.78 is 5.82. The summed E-state index contributed by atoms with van der Waals surface area (Å²) in [6.45, 7) is 0. The number of pyridine rings is 1. The number of fused-ring (bicyclic) bond motifs is 1. The van der Waals surface area contributed by atoms with Gasteiger partial charge in [-0.3, -0.25) is 19.9 Å². The Labute approximate surface area is 164 Å². The molecular formula is C21H11N3O3S. The normalized spacial score (nSPS) is 14.6. The fourth-order valence-corrected chi connectivity index (χ4v) is 3.29. The quantitative estimate of drug-likeness (QED) is 0.535. The van der Waals surface area contributed by atoms with Crippen LogP contribution >= 0.6 is 11.8 Å². The number of furan rings is 1. The first-order chi connectivity index (χ1) is 13.6. The molecule has 2 amide bonds. The number of imide groups is 1. The molecule has 2 aromatic heterocycles. The third-order valence-electron chi connectivity index (χ3n) is 3.94. The predicted octanol–water partition coefficient (Wildman–Crippen LogP) is 3.62. The maximum Gasteiger partial charge on any atom is 0.290 e. The molecule has 0 atom stereocenters. The summed E-state index contributed by atoms with van der Waals surface area (Å²) in [6.07, 6.45) is 5.15. The van der Waals surface area contributed by atoms with E-state index in [1.807, 2.05) is 24.3 Å². The van der Waals surface area contributed by atoms with Crippen molar-refractivity contribution in [1.29, 1.82) is 5.26 Å². The Morgan fingerprint density at radius 3 is 2.71 bits per heavy atom. The average Bonchev–Trinajstić information content (AvgIpc) is 3.24. The number of amides is 2. The highest BCUT2D eigenvalue weighted by molar-refractivity contribution is 8.18. The smallest absolute Gasteiger partial charge is 0.290 e. The lowest BCUT2D eigenvalue weighted by molar-refractivity contribution is -0.115. The minimum absolute atomic E-state index is 0.280. The molecule has 134 valence electrons. The van der Waals surface area contributed by atoms with Gasteiger partial charge in [0.05, 0.1) is 23.0 Å². The summed E-state index contributed by atoms with van der Waals surface area (Å²) in [5, 5.41) is 11.3. The van der Waals surface area contributed by atoms with Crippen LogP contribution in [0.4, 0.5) is 4.79 Å². The van der Waals surface area contributed by atoms with Gasteiger partial charge in [0.25, 0.3) is 11.1 Å². The summed E-state index contributed by atoms with van der Waals surface area (Å²) in [6, 6.07) is 11.3. The second-order valence-electron chi connectivity index (χ2n) is 5.89. The Kier molecular flexibility index (Phi) is 4.67. The lowest BCUT2D eigenvalue weighted by Gasteiger charge is -1.95. The molecule has 6 nitrogen and oxygen atoms in total. The van der Waals surface area contributed by atoms with Crippen molar-refractivity contribution in [2.24, 2.45) is 0 Å². The number of nitrogens with zero attached hydrogens (tertiary/aromatic N) is 2. The highest BCUT2D eigenvalue weighted by Crippen LogP contribution is 2.28. The van der Waals surface area contributed by atoms with Crippen molar-refractivity contribution < 1.29 is 14.0 Å². The van der Waals surface area contributed by atoms with Crippen LogP contribution in [0.15, 0.2) is 52.0 Å². The van der Waals surface area contributed by atoms with E-state index in [1.165, 1.54) is 6.08 Å². The van der Waals surface area contributed by atoms with E-state index in [-0.39, 0.29) is 4.91 Å². The van der Waals surface area contributed by atoms with Gasteiger partial charge in [0.2, 0.25) is 0 Å². The Hall–Kier alpha value is -3.81. The molecule has 0 saturated carbocycles. The summed E-state index contributed by atoms with van der Waals surface area (Å²) in [4.78, 5) is 27.4. The molecule has 28 heavy (non-hydrogen) atoms. The third-order valence-corrected chi connectivity index (χ3v) is 4.75. The van der Waals surface area contributed by atoms with Crippen molar-refractivity contribution in [3.63, 3.8) is 0 Å². The molecule has 7 heteroatoms. The maximum atomic E-state index is 11.7. The molecule has 1 aliphatic heterocycles. The van der Waals surface area contributed by atoms with Crippen LogP contribution in [0, 0.1) is 23.2 Å². The number of carbonyl (C=O) groups is 2. The van der Waals surface area contributed by atoms with Gasteiger partial charge < -0.3 is 4.42 Å². The zero-order valence-corrected chi connectivity index (χ0v) is 15.2. The van der Waals surface area contributed by atoms with Gasteiger partial charge in [-0.15, -0.1) is 0 Å². The van der Waals surface area contributed by atoms with Crippen LogP contribution in [0.1, 0.15) is 22.5 Å². The van der Waals surface area contributed by atoms with Crippen molar-refractivity contribution in [2.75, 3.05) is 0 Å². The van der Waals surface area contributed by atoms with E-state index in [0.29, 0.717) is 23.3 Å². The van der Waals surface area contributed by atoms with Gasteiger partial charge in [0.15, 0.2) is 5.58 Å². The number of rotatable bonds is 2. The Balaban J connectivity index is 1.65. The summed E-state index contributed by atoms with van der Waals surface area (Å²) in [5.41, 5.74) is 2.92. The first kappa shape index (κ1) is 17.6. The monoisotopic (exact) mass is 385 g/mol. The summed E-state index contributed by atoms with van der Waals surface area (Å²) in [7, 11) is 0. The minimum atomic E-state index is -0.437. The van der Waals surface area contributed by atoms with Crippen LogP contribution < -0.4 is 5.32 Å². The number of carbonyl (C=O) groups excluding carboxylic acids is 2. The van der Waals surface area contributed by atoms with Crippen molar-refractivity contribution in [3.8, 4) is 17.9 Å². The molecule has 1 aliphatic rings. The van der Waals surface area contributed by atoms with E-state index < -0.39 is 11.1 Å². The third kappa shape index (κ3) is 3.66. The number of aromatic nitrogens is 1. The molecule has 4 rings (SSSR count). The van der Waals surface area contributed by atoms with Crippen LogP contribution in [0.5, 0.6) is 0 Å². The Bertz CT molecular complexity index is 1240. The average molecular weight is 385 g/mol. The molecule has 0 aliphatic carbocycles. The van der Waals surface area contributed by atoms with E-state index in [0.717, 1.165) is 28.3 Å². The van der Waals surface area contributed by atoms with Crippen LogP contribution in [-0.4, -0.2) is 16.1 Å². The predicted molar refractivity (Wildman–Crippen MR) is 105 cm³/mol. The number of hydrogen-bond donors (Lipinski definition) is 1. The Morgan fingerprint density at radius 1 is 1.18 bits per heavy atom. The van der Waals surface area contributed by atoms with Gasteiger partial charge in [-0.2, -0.15) is 5.26 Å². The molecule has 0 bridgehead atoms. The Morgan fingerprint density at radius 2 is 2.00 bits per heavy atom. The van der Waals surface area contributed by atoms with Crippen molar-refractivity contribution >= 4 is 40.0 Å². The molecule has 1 saturated heterocycles. The fourth-order valence-electron chi connectivity index (χ4n) is 2.63. The molecule has 1 aromatic carbocycles. The number of benzene rings is 1. The molecule has 0 radical (unpaired) electrons. The lowest BCUT2D eigenvalue weighted by atomic mass is 10.1. The number of nitrogens with one attached hydrogen (secondary N) is 1. The lowest BCUT2D eigenvalue weighted by Crippen LogP contribution is -2.17. The first-order valence-corrected chi connectivity index (χ1v) is 9.04. The molecule has 3 aromatic rings. The number of nitriles is 1. The number of thioether (sulfide) groups is 1. The van der Waals surface area contributed by atoms with Gasteiger partial charge in [-0.1, -0.05) is 24.0 Å². The van der Waals surface area contributed by atoms with E-state index in [1.54, 1.807) is 18.5 Å². The van der Waals surface area contributed by atoms with Crippen molar-refractivity contribution in [3.05, 3.63) is 70.1 Å². The zero-order chi connectivity index (χ0) is 19.5. The highest BCUT2D eigenvalue weighted by atomic mass is 32.2. The highest BCUT2D eigenvalue weighted by Gasteiger charge is 2.25. The van der Waals surface area contributed by atoms with Crippen molar-refractivity contribution in [1.82, 2.24) is 10.3 Å². The molecule has 1 N–H and O–H groups in total. The molecular weight excluding hydrogens is 374 g/mol. The second kappa shape index (κ2) is 7.43. The van der Waals surface area contributed by atoms with Crippen LogP contribution in [0.2, 0.25) is 0 Å². The summed E-state index contributed by atoms with van der Waals surface area (Å²) >= 11 is 0.833. The van der Waals surface area contributed by atoms with Gasteiger partial charge >= 0.3 is 0 Å². The first-order valence-electron chi connectivity index (χ1n) is 8.23. The second-order valence-corrected chi connectivity index (χ2v) is 6.90. The number of hydrogen-bond acceptors (Lipinski definition) is 6. The van der Waals surface area contributed by atoms with Crippen LogP contribution in [0.3, 0.4) is 0 Å². The molecule has 0 spiro atoms. The van der Waals surface area contributed by atoms with Crippen molar-refractivity contribution in [2.45, 2.75) is 6.42 Å². The largest absolute Gasteiger partial charge is 0.455 e. The van der Waals surface area contributed by atoms with E-state index in [9.17, 15) is 9.59 Å². The SMILES string of the molecule is N#CCc1ccc(C#Cc2cncc3cc(C=C4SC(=O)NC4=O)oc23)cc1. The van der Waals surface area contributed by atoms with E-state index in [4.69, 9.17) is 9.68 Å². The molecule has 1 fully saturated rings. The standard InChI is InChI=1S/C21H11N3O3S/c22-8-7-14-3-1-13(2-4-14)5-6-15-11-23-12-16-9-17(27-19(15)16)10-18-20(25)24-21(26)28-18/h1-4,9-12H,7H2,(H,24,25,26). The maximum absolute atomic E-state index is 11.7. The van der Waals surface area contributed by atoms with Gasteiger partial charge in [-0.25, -0.2) is 0 Å². The van der Waals surface area contributed by atoms with Gasteiger partial charge in [0.1, 0.15) is 5.76 Å². The zero-order valence-electron chi connectivity index (χ0n) is 14.4. The molecule has 3 heterocycles.